The van der Waals surface area contributed by atoms with Crippen molar-refractivity contribution in [2.24, 2.45) is 0 Å². The molecule has 4 rings (SSSR count). The lowest BCUT2D eigenvalue weighted by molar-refractivity contribution is -0.123. The molecule has 3 N–H and O–H groups in total. The summed E-state index contributed by atoms with van der Waals surface area (Å²) in [5.74, 6) is 0.329. The number of aromatic hydroxyl groups is 2. The molecule has 174 valence electrons. The van der Waals surface area contributed by atoms with Gasteiger partial charge in [-0.05, 0) is 31.9 Å². The third-order valence-corrected chi connectivity index (χ3v) is 5.74. The molecule has 1 amide bonds. The fourth-order valence-corrected chi connectivity index (χ4v) is 4.01. The molecule has 0 radical (unpaired) electrons. The van der Waals surface area contributed by atoms with Crippen molar-refractivity contribution < 1.29 is 28.6 Å². The number of aryl methyl sites for hydroxylation is 1. The highest BCUT2D eigenvalue weighted by molar-refractivity contribution is 5.77. The summed E-state index contributed by atoms with van der Waals surface area (Å²) in [4.78, 5) is 24.9. The van der Waals surface area contributed by atoms with Gasteiger partial charge in [0.15, 0.2) is 5.76 Å². The van der Waals surface area contributed by atoms with Gasteiger partial charge in [-0.25, -0.2) is 0 Å². The first kappa shape index (κ1) is 22.5. The predicted molar refractivity (Wildman–Crippen MR) is 116 cm³/mol. The summed E-state index contributed by atoms with van der Waals surface area (Å²) in [6, 6.07) is 7.86. The summed E-state index contributed by atoms with van der Waals surface area (Å²) in [7, 11) is 0. The number of benzene rings is 1. The monoisotopic (exact) mass is 455 g/mol. The second-order valence-corrected chi connectivity index (χ2v) is 8.09. The molecule has 1 fully saturated rings. The Morgan fingerprint density at radius 1 is 1.15 bits per heavy atom. The summed E-state index contributed by atoms with van der Waals surface area (Å²) in [5, 5.41) is 31.0. The summed E-state index contributed by atoms with van der Waals surface area (Å²) < 4.78 is 16.7. The van der Waals surface area contributed by atoms with Crippen molar-refractivity contribution in [3.63, 3.8) is 0 Å². The van der Waals surface area contributed by atoms with E-state index in [1.807, 2.05) is 0 Å². The largest absolute Gasteiger partial charge is 0.507 e. The number of ether oxygens (including phenoxy) is 1. The van der Waals surface area contributed by atoms with E-state index in [1.165, 1.54) is 12.1 Å². The Labute approximate surface area is 189 Å². The van der Waals surface area contributed by atoms with Crippen LogP contribution >= 0.6 is 0 Å². The number of amides is 1. The fraction of sp³-hybridized carbons (Fsp3) is 0.391. The topological polar surface area (TPSA) is 148 Å². The molecule has 0 saturated carbocycles. The van der Waals surface area contributed by atoms with Crippen molar-refractivity contribution in [3.8, 4) is 23.0 Å². The number of hydrogen-bond acceptors (Lipinski definition) is 9. The second kappa shape index (κ2) is 9.45. The molecular formula is C23H25N3O7. The smallest absolute Gasteiger partial charge is 0.251 e. The highest BCUT2D eigenvalue weighted by Crippen LogP contribution is 2.41. The van der Waals surface area contributed by atoms with E-state index in [9.17, 15) is 19.8 Å². The van der Waals surface area contributed by atoms with Crippen molar-refractivity contribution in [1.82, 2.24) is 15.5 Å². The molecule has 0 aliphatic carbocycles. The Balaban J connectivity index is 1.41. The SMILES string of the molecule is Cc1cc(=O)c(O)c(C2(CC(=O)NCCc3nnc(-c4ccccc4O)o3)CCOCC2)o1. The third kappa shape index (κ3) is 4.90. The van der Waals surface area contributed by atoms with Crippen LogP contribution < -0.4 is 10.7 Å². The molecule has 10 nitrogen and oxygen atoms in total. The van der Waals surface area contributed by atoms with Gasteiger partial charge in [0.25, 0.3) is 5.89 Å². The number of aromatic nitrogens is 2. The molecule has 1 saturated heterocycles. The van der Waals surface area contributed by atoms with E-state index in [1.54, 1.807) is 25.1 Å². The zero-order valence-corrected chi connectivity index (χ0v) is 18.2. The van der Waals surface area contributed by atoms with Crippen LogP contribution in [0.5, 0.6) is 11.5 Å². The van der Waals surface area contributed by atoms with Gasteiger partial charge >= 0.3 is 0 Å². The van der Waals surface area contributed by atoms with Crippen molar-refractivity contribution >= 4 is 5.91 Å². The number of rotatable bonds is 7. The number of carbonyl (C=O) groups is 1. The molecule has 1 aliphatic heterocycles. The van der Waals surface area contributed by atoms with E-state index < -0.39 is 16.6 Å². The van der Waals surface area contributed by atoms with E-state index in [2.05, 4.69) is 15.5 Å². The fourth-order valence-electron chi connectivity index (χ4n) is 4.01. The van der Waals surface area contributed by atoms with Gasteiger partial charge in [0.1, 0.15) is 11.5 Å². The molecule has 33 heavy (non-hydrogen) atoms. The minimum atomic E-state index is -0.833. The van der Waals surface area contributed by atoms with Gasteiger partial charge in [0.05, 0.1) is 5.56 Å². The first-order valence-corrected chi connectivity index (χ1v) is 10.7. The average Bonchev–Trinajstić information content (AvgIpc) is 3.25. The van der Waals surface area contributed by atoms with Crippen LogP contribution in [0.15, 0.2) is 44.0 Å². The second-order valence-electron chi connectivity index (χ2n) is 8.09. The molecular weight excluding hydrogens is 430 g/mol. The first-order chi connectivity index (χ1) is 15.9. The molecule has 3 heterocycles. The van der Waals surface area contributed by atoms with Crippen LogP contribution in [0, 0.1) is 6.92 Å². The van der Waals surface area contributed by atoms with Crippen molar-refractivity contribution in [2.75, 3.05) is 19.8 Å². The minimum Gasteiger partial charge on any atom is -0.507 e. The highest BCUT2D eigenvalue weighted by Gasteiger charge is 2.41. The molecule has 2 aromatic heterocycles. The number of carbonyl (C=O) groups excluding carboxylic acids is 1. The molecule has 1 aliphatic rings. The molecule has 10 heteroatoms. The third-order valence-electron chi connectivity index (χ3n) is 5.74. The highest BCUT2D eigenvalue weighted by atomic mass is 16.5. The summed E-state index contributed by atoms with van der Waals surface area (Å²) in [6.45, 7) is 2.66. The van der Waals surface area contributed by atoms with Gasteiger partial charge in [-0.2, -0.15) is 0 Å². The molecule has 3 aromatic rings. The van der Waals surface area contributed by atoms with Crippen LogP contribution in [-0.2, 0) is 21.4 Å². The molecule has 0 atom stereocenters. The Morgan fingerprint density at radius 2 is 1.91 bits per heavy atom. The van der Waals surface area contributed by atoms with Crippen LogP contribution in [0.25, 0.3) is 11.5 Å². The standard InChI is InChI=1S/C23H25N3O7/c1-14-12-17(28)20(30)21(32-14)23(7-10-31-11-8-23)13-18(29)24-9-6-19-25-26-22(33-19)15-4-2-3-5-16(15)27/h2-5,12,27,30H,6-11,13H2,1H3,(H,24,29). The normalized spacial score (nSPS) is 15.3. The summed E-state index contributed by atoms with van der Waals surface area (Å²) in [5.41, 5.74) is -0.932. The Morgan fingerprint density at radius 3 is 2.67 bits per heavy atom. The summed E-state index contributed by atoms with van der Waals surface area (Å²) in [6.07, 6.45) is 1.21. The number of nitrogens with zero attached hydrogens (tertiary/aromatic N) is 2. The predicted octanol–water partition coefficient (Wildman–Crippen LogP) is 2.21. The van der Waals surface area contributed by atoms with E-state index >= 15 is 0 Å². The zero-order valence-electron chi connectivity index (χ0n) is 18.2. The van der Waals surface area contributed by atoms with Gasteiger partial charge in [-0.15, -0.1) is 10.2 Å². The van der Waals surface area contributed by atoms with Gasteiger partial charge in [-0.3, -0.25) is 9.59 Å². The van der Waals surface area contributed by atoms with E-state index in [-0.39, 0.29) is 36.3 Å². The number of hydrogen-bond donors (Lipinski definition) is 3. The number of nitrogens with one attached hydrogen (secondary N) is 1. The summed E-state index contributed by atoms with van der Waals surface area (Å²) >= 11 is 0. The number of phenols is 1. The Bertz CT molecular complexity index is 1190. The Kier molecular flexibility index (Phi) is 6.45. The molecule has 0 unspecified atom stereocenters. The van der Waals surface area contributed by atoms with Gasteiger partial charge in [0.2, 0.25) is 23.0 Å². The molecule has 0 spiro atoms. The van der Waals surface area contributed by atoms with E-state index in [0.29, 0.717) is 49.7 Å². The van der Waals surface area contributed by atoms with Gasteiger partial charge in [-0.1, -0.05) is 12.1 Å². The van der Waals surface area contributed by atoms with Gasteiger partial charge in [0, 0.05) is 44.1 Å². The number of phenolic OH excluding ortho intramolecular Hbond substituents is 1. The van der Waals surface area contributed by atoms with Crippen molar-refractivity contribution in [2.45, 2.75) is 38.0 Å². The minimum absolute atomic E-state index is 0.0310. The maximum Gasteiger partial charge on any atom is 0.251 e. The lowest BCUT2D eigenvalue weighted by Crippen LogP contribution is -2.40. The van der Waals surface area contributed by atoms with Crippen LogP contribution in [0.2, 0.25) is 0 Å². The van der Waals surface area contributed by atoms with E-state index in [4.69, 9.17) is 13.6 Å². The van der Waals surface area contributed by atoms with Crippen LogP contribution in [0.3, 0.4) is 0 Å². The number of para-hydroxylation sites is 1. The average molecular weight is 455 g/mol. The molecule has 0 bridgehead atoms. The lowest BCUT2D eigenvalue weighted by Gasteiger charge is -2.35. The first-order valence-electron chi connectivity index (χ1n) is 10.7. The van der Waals surface area contributed by atoms with E-state index in [0.717, 1.165) is 0 Å². The maximum atomic E-state index is 12.8. The van der Waals surface area contributed by atoms with Crippen LogP contribution in [0.4, 0.5) is 0 Å². The van der Waals surface area contributed by atoms with Gasteiger partial charge < -0.3 is 29.1 Å². The van der Waals surface area contributed by atoms with Crippen LogP contribution in [0.1, 0.15) is 36.7 Å². The van der Waals surface area contributed by atoms with Crippen molar-refractivity contribution in [3.05, 3.63) is 58.0 Å². The molecule has 1 aromatic carbocycles. The quantitative estimate of drug-likeness (QED) is 0.487. The lowest BCUT2D eigenvalue weighted by atomic mass is 9.74. The Hall–Kier alpha value is -3.66. The van der Waals surface area contributed by atoms with Crippen molar-refractivity contribution in [1.29, 1.82) is 0 Å². The zero-order chi connectivity index (χ0) is 23.4. The maximum absolute atomic E-state index is 12.8. The van der Waals surface area contributed by atoms with Crippen LogP contribution in [-0.4, -0.2) is 46.1 Å².